The average Bonchev–Trinajstić information content (AvgIpc) is 3.46. The summed E-state index contributed by atoms with van der Waals surface area (Å²) in [6.45, 7) is 1.83. The van der Waals surface area contributed by atoms with E-state index in [2.05, 4.69) is 37.4 Å². The van der Waals surface area contributed by atoms with E-state index in [0.717, 1.165) is 5.56 Å². The fourth-order valence-electron chi connectivity index (χ4n) is 4.06. The third-order valence-corrected chi connectivity index (χ3v) is 6.22. The minimum atomic E-state index is -1.19. The number of aromatic nitrogens is 4. The van der Waals surface area contributed by atoms with Crippen LogP contribution in [0.25, 0.3) is 11.2 Å². The Labute approximate surface area is 177 Å². The van der Waals surface area contributed by atoms with Crippen LogP contribution in [0.5, 0.6) is 0 Å². The first kappa shape index (κ1) is 20.3. The van der Waals surface area contributed by atoms with Gasteiger partial charge in [-0.15, -0.1) is 0 Å². The molecule has 4 rings (SSSR count). The van der Waals surface area contributed by atoms with Crippen molar-refractivity contribution in [2.24, 2.45) is 11.8 Å². The van der Waals surface area contributed by atoms with E-state index in [9.17, 15) is 15.0 Å². The molecule has 0 aromatic carbocycles. The van der Waals surface area contributed by atoms with E-state index in [-0.39, 0.29) is 11.8 Å². The molecule has 0 saturated heterocycles. The normalized spacial score (nSPS) is 25.7. The van der Waals surface area contributed by atoms with Crippen molar-refractivity contribution in [3.63, 3.8) is 0 Å². The lowest BCUT2D eigenvalue weighted by Gasteiger charge is -2.22. The molecule has 4 N–H and O–H groups in total. The SMILES string of the molecule is CNC(=O)[C@H]1[C@H](C)[C@@H](n2cnc3c(NC)nc(C#Cc4ccsc4)nc32)[C@H](O)[C@@H]1O. The highest BCUT2D eigenvalue weighted by molar-refractivity contribution is 7.08. The summed E-state index contributed by atoms with van der Waals surface area (Å²) in [4.78, 5) is 25.6. The zero-order chi connectivity index (χ0) is 21.4. The summed E-state index contributed by atoms with van der Waals surface area (Å²) < 4.78 is 1.70. The van der Waals surface area contributed by atoms with Gasteiger partial charge in [-0.3, -0.25) is 4.79 Å². The van der Waals surface area contributed by atoms with Gasteiger partial charge in [0.15, 0.2) is 17.0 Å². The summed E-state index contributed by atoms with van der Waals surface area (Å²) in [5, 5.41) is 30.7. The molecule has 30 heavy (non-hydrogen) atoms. The Balaban J connectivity index is 1.80. The number of carbonyl (C=O) groups excluding carboxylic acids is 1. The molecule has 9 nitrogen and oxygen atoms in total. The second kappa shape index (κ2) is 8.02. The highest BCUT2D eigenvalue weighted by Crippen LogP contribution is 2.42. The molecule has 0 aliphatic heterocycles. The summed E-state index contributed by atoms with van der Waals surface area (Å²) in [5.41, 5.74) is 1.88. The Hall–Kier alpha value is -3.00. The van der Waals surface area contributed by atoms with Crippen molar-refractivity contribution in [1.29, 1.82) is 0 Å². The van der Waals surface area contributed by atoms with Gasteiger partial charge in [0.05, 0.1) is 24.4 Å². The van der Waals surface area contributed by atoms with E-state index in [1.54, 1.807) is 29.3 Å². The standard InChI is InChI=1S/C20H22N6O3S/c1-10-13(20(29)22-3)16(27)17(28)15(10)26-9-23-14-18(21-2)24-12(25-19(14)26)5-4-11-6-7-30-8-11/h6-10,13,15-17,27-28H,1-3H3,(H,22,29)(H,21,24,25)/t10-,13-,15+,16+,17-/m0/s1. The first-order chi connectivity index (χ1) is 14.5. The van der Waals surface area contributed by atoms with Gasteiger partial charge < -0.3 is 25.4 Å². The summed E-state index contributed by atoms with van der Waals surface area (Å²) in [6, 6.07) is 1.33. The van der Waals surface area contributed by atoms with E-state index >= 15 is 0 Å². The molecule has 0 spiro atoms. The average molecular weight is 427 g/mol. The van der Waals surface area contributed by atoms with E-state index in [1.807, 2.05) is 23.8 Å². The molecule has 1 saturated carbocycles. The maximum Gasteiger partial charge on any atom is 0.225 e. The van der Waals surface area contributed by atoms with E-state index in [1.165, 1.54) is 7.05 Å². The predicted octanol–water partition coefficient (Wildman–Crippen LogP) is 0.604. The van der Waals surface area contributed by atoms with Gasteiger partial charge in [-0.2, -0.15) is 11.3 Å². The second-order valence-electron chi connectivity index (χ2n) is 7.20. The van der Waals surface area contributed by atoms with Gasteiger partial charge in [-0.25, -0.2) is 15.0 Å². The number of thiophene rings is 1. The quantitative estimate of drug-likeness (QED) is 0.452. The van der Waals surface area contributed by atoms with Crippen molar-refractivity contribution in [3.05, 3.63) is 34.5 Å². The number of hydrogen-bond donors (Lipinski definition) is 4. The monoisotopic (exact) mass is 426 g/mol. The Kier molecular flexibility index (Phi) is 5.42. The molecule has 3 aromatic heterocycles. The van der Waals surface area contributed by atoms with Crippen LogP contribution in [0.2, 0.25) is 0 Å². The number of nitrogens with zero attached hydrogens (tertiary/aromatic N) is 4. The predicted molar refractivity (Wildman–Crippen MR) is 113 cm³/mol. The van der Waals surface area contributed by atoms with Crippen LogP contribution in [0.4, 0.5) is 5.82 Å². The highest BCUT2D eigenvalue weighted by Gasteiger charge is 2.51. The molecule has 156 valence electrons. The second-order valence-corrected chi connectivity index (χ2v) is 7.98. The highest BCUT2D eigenvalue weighted by atomic mass is 32.1. The summed E-state index contributed by atoms with van der Waals surface area (Å²) >= 11 is 1.56. The van der Waals surface area contributed by atoms with Crippen molar-refractivity contribution in [3.8, 4) is 11.8 Å². The Morgan fingerprint density at radius 3 is 2.70 bits per heavy atom. The van der Waals surface area contributed by atoms with Crippen LogP contribution in [-0.4, -0.2) is 61.9 Å². The molecular weight excluding hydrogens is 404 g/mol. The number of rotatable bonds is 3. The van der Waals surface area contributed by atoms with Crippen LogP contribution in [-0.2, 0) is 4.79 Å². The third-order valence-electron chi connectivity index (χ3n) is 5.54. The number of carbonyl (C=O) groups is 1. The van der Waals surface area contributed by atoms with Crippen molar-refractivity contribution in [2.75, 3.05) is 19.4 Å². The van der Waals surface area contributed by atoms with Gasteiger partial charge in [0.25, 0.3) is 0 Å². The van der Waals surface area contributed by atoms with Crippen LogP contribution >= 0.6 is 11.3 Å². The first-order valence-corrected chi connectivity index (χ1v) is 10.4. The van der Waals surface area contributed by atoms with Crippen LogP contribution in [0.1, 0.15) is 24.4 Å². The van der Waals surface area contributed by atoms with Crippen LogP contribution in [0.3, 0.4) is 0 Å². The number of nitrogens with one attached hydrogen (secondary N) is 2. The first-order valence-electron chi connectivity index (χ1n) is 9.50. The maximum absolute atomic E-state index is 12.3. The summed E-state index contributed by atoms with van der Waals surface area (Å²) in [5.74, 6) is 5.42. The third kappa shape index (κ3) is 3.31. The van der Waals surface area contributed by atoms with Crippen LogP contribution < -0.4 is 10.6 Å². The lowest BCUT2D eigenvalue weighted by molar-refractivity contribution is -0.129. The molecule has 5 atom stereocenters. The van der Waals surface area contributed by atoms with Crippen molar-refractivity contribution < 1.29 is 15.0 Å². The van der Waals surface area contributed by atoms with Gasteiger partial charge in [0, 0.05) is 25.0 Å². The molecule has 10 heteroatoms. The van der Waals surface area contributed by atoms with Crippen molar-refractivity contribution in [2.45, 2.75) is 25.2 Å². The molecule has 1 aliphatic rings. The number of amides is 1. The van der Waals surface area contributed by atoms with Crippen LogP contribution in [0, 0.1) is 23.7 Å². The molecule has 0 bridgehead atoms. The number of aliphatic hydroxyl groups excluding tert-OH is 2. The van der Waals surface area contributed by atoms with E-state index in [0.29, 0.717) is 22.8 Å². The van der Waals surface area contributed by atoms with E-state index in [4.69, 9.17) is 0 Å². The topological polar surface area (TPSA) is 125 Å². The van der Waals surface area contributed by atoms with Gasteiger partial charge >= 0.3 is 0 Å². The number of imidazole rings is 1. The minimum absolute atomic E-state index is 0.309. The lowest BCUT2D eigenvalue weighted by atomic mass is 9.94. The zero-order valence-corrected chi connectivity index (χ0v) is 17.5. The zero-order valence-electron chi connectivity index (χ0n) is 16.7. The van der Waals surface area contributed by atoms with Crippen molar-refractivity contribution in [1.82, 2.24) is 24.8 Å². The lowest BCUT2D eigenvalue weighted by Crippen LogP contribution is -2.37. The Morgan fingerprint density at radius 1 is 1.23 bits per heavy atom. The summed E-state index contributed by atoms with van der Waals surface area (Å²) in [6.07, 6.45) is -0.779. The van der Waals surface area contributed by atoms with Gasteiger partial charge in [0.1, 0.15) is 6.10 Å². The molecule has 3 aromatic rings. The molecule has 1 amide bonds. The molecule has 0 radical (unpaired) electrons. The molecule has 3 heterocycles. The molecule has 1 aliphatic carbocycles. The Bertz CT molecular complexity index is 1130. The van der Waals surface area contributed by atoms with Crippen LogP contribution in [0.15, 0.2) is 23.2 Å². The molecule has 0 unspecified atom stereocenters. The molecule has 1 fully saturated rings. The summed E-state index contributed by atoms with van der Waals surface area (Å²) in [7, 11) is 3.24. The van der Waals surface area contributed by atoms with Gasteiger partial charge in [-0.1, -0.05) is 12.8 Å². The molecular formula is C20H22N6O3S. The Morgan fingerprint density at radius 2 is 2.03 bits per heavy atom. The number of fused-ring (bicyclic) bond motifs is 1. The van der Waals surface area contributed by atoms with Gasteiger partial charge in [0.2, 0.25) is 11.7 Å². The van der Waals surface area contributed by atoms with E-state index < -0.39 is 24.2 Å². The van der Waals surface area contributed by atoms with Gasteiger partial charge in [-0.05, 0) is 23.3 Å². The maximum atomic E-state index is 12.3. The number of aliphatic hydroxyl groups is 2. The van der Waals surface area contributed by atoms with Crippen molar-refractivity contribution >= 4 is 34.2 Å². The smallest absolute Gasteiger partial charge is 0.225 e. The fraction of sp³-hybridized carbons (Fsp3) is 0.400. The number of hydrogen-bond acceptors (Lipinski definition) is 8. The minimum Gasteiger partial charge on any atom is -0.390 e. The fourth-order valence-corrected chi connectivity index (χ4v) is 4.64. The largest absolute Gasteiger partial charge is 0.390 e. The number of anilines is 1.